The lowest BCUT2D eigenvalue weighted by molar-refractivity contribution is 0.122. The second-order valence-electron chi connectivity index (χ2n) is 9.22. The van der Waals surface area contributed by atoms with Crippen molar-refractivity contribution in [2.45, 2.75) is 39.4 Å². The Hall–Kier alpha value is -3.70. The van der Waals surface area contributed by atoms with Crippen LogP contribution in [0.2, 0.25) is 0 Å². The molecule has 0 amide bonds. The molecule has 190 valence electrons. The molecule has 0 saturated carbocycles. The number of nitrogens with one attached hydrogen (secondary N) is 1. The van der Waals surface area contributed by atoms with Gasteiger partial charge in [-0.25, -0.2) is 4.68 Å². The summed E-state index contributed by atoms with van der Waals surface area (Å²) in [6.45, 7) is 6.52. The van der Waals surface area contributed by atoms with E-state index in [2.05, 4.69) is 39.3 Å². The van der Waals surface area contributed by atoms with Gasteiger partial charge in [0.2, 0.25) is 0 Å². The molecule has 0 saturated heterocycles. The van der Waals surface area contributed by atoms with Crippen molar-refractivity contribution >= 4 is 10.9 Å². The first kappa shape index (κ1) is 24.0. The predicted molar refractivity (Wildman–Crippen MR) is 131 cm³/mol. The molecule has 0 bridgehead atoms. The van der Waals surface area contributed by atoms with Crippen LogP contribution in [0.25, 0.3) is 10.9 Å². The first-order valence-electron chi connectivity index (χ1n) is 12.1. The van der Waals surface area contributed by atoms with Crippen LogP contribution in [0.1, 0.15) is 43.5 Å². The number of tetrazole rings is 1. The maximum atomic E-state index is 13.1. The molecule has 0 fully saturated rings. The smallest absolute Gasteiger partial charge is 0.252 e. The number of ether oxygens (including phenoxy) is 2. The van der Waals surface area contributed by atoms with Gasteiger partial charge in [0.25, 0.3) is 5.56 Å². The Morgan fingerprint density at radius 3 is 2.72 bits per heavy atom. The van der Waals surface area contributed by atoms with Crippen molar-refractivity contribution in [3.8, 4) is 11.5 Å². The molecule has 0 radical (unpaired) electrons. The number of benzene rings is 1. The summed E-state index contributed by atoms with van der Waals surface area (Å²) in [6, 6.07) is 9.09. The second-order valence-corrected chi connectivity index (χ2v) is 9.22. The van der Waals surface area contributed by atoms with E-state index in [1.165, 1.54) is 0 Å². The summed E-state index contributed by atoms with van der Waals surface area (Å²) in [6.07, 6.45) is 2.17. The first-order valence-corrected chi connectivity index (χ1v) is 12.1. The van der Waals surface area contributed by atoms with Crippen molar-refractivity contribution < 1.29 is 19.0 Å². The maximum Gasteiger partial charge on any atom is 0.252 e. The van der Waals surface area contributed by atoms with Gasteiger partial charge in [-0.1, -0.05) is 13.8 Å². The molecule has 3 aromatic heterocycles. The average Bonchev–Trinajstić information content (AvgIpc) is 3.54. The molecule has 1 aromatic carbocycles. The van der Waals surface area contributed by atoms with E-state index in [1.54, 1.807) is 17.0 Å². The summed E-state index contributed by atoms with van der Waals surface area (Å²) >= 11 is 0. The number of furan rings is 1. The van der Waals surface area contributed by atoms with E-state index in [-0.39, 0.29) is 24.1 Å². The molecule has 2 N–H and O–H groups in total. The van der Waals surface area contributed by atoms with Crippen LogP contribution in [0.15, 0.2) is 45.8 Å². The number of hydrogen-bond donors (Lipinski definition) is 2. The Morgan fingerprint density at radius 2 is 2.00 bits per heavy atom. The van der Waals surface area contributed by atoms with Gasteiger partial charge < -0.3 is 24.0 Å². The lowest BCUT2D eigenvalue weighted by Gasteiger charge is -2.33. The molecule has 1 atom stereocenters. The van der Waals surface area contributed by atoms with E-state index in [4.69, 9.17) is 13.9 Å². The Bertz CT molecular complexity index is 1360. The highest BCUT2D eigenvalue weighted by atomic mass is 16.6. The van der Waals surface area contributed by atoms with Gasteiger partial charge in [-0.15, -0.1) is 5.10 Å². The largest absolute Gasteiger partial charge is 0.486 e. The van der Waals surface area contributed by atoms with Crippen molar-refractivity contribution in [3.63, 3.8) is 0 Å². The fourth-order valence-electron chi connectivity index (χ4n) is 4.68. The van der Waals surface area contributed by atoms with E-state index in [1.807, 2.05) is 24.3 Å². The number of pyridine rings is 1. The molecular formula is C25H30N6O5. The van der Waals surface area contributed by atoms with Crippen LogP contribution in [0, 0.1) is 5.92 Å². The number of fused-ring (bicyclic) bond motifs is 2. The van der Waals surface area contributed by atoms with Gasteiger partial charge >= 0.3 is 0 Å². The summed E-state index contributed by atoms with van der Waals surface area (Å²) in [5.74, 6) is 2.85. The fraction of sp³-hybridized carbons (Fsp3) is 0.440. The summed E-state index contributed by atoms with van der Waals surface area (Å²) in [5, 5.41) is 22.9. The van der Waals surface area contributed by atoms with Crippen LogP contribution in [0.3, 0.4) is 0 Å². The Balaban J connectivity index is 1.49. The zero-order chi connectivity index (χ0) is 25.1. The monoisotopic (exact) mass is 494 g/mol. The molecule has 0 unspecified atom stereocenters. The molecule has 1 aliphatic rings. The highest BCUT2D eigenvalue weighted by Crippen LogP contribution is 2.34. The minimum Gasteiger partial charge on any atom is -0.486 e. The van der Waals surface area contributed by atoms with E-state index in [0.29, 0.717) is 67.7 Å². The molecule has 36 heavy (non-hydrogen) atoms. The van der Waals surface area contributed by atoms with Gasteiger partial charge in [-0.2, -0.15) is 0 Å². The highest BCUT2D eigenvalue weighted by Gasteiger charge is 2.30. The Labute approximate surface area is 207 Å². The number of nitrogens with zero attached hydrogens (tertiary/aromatic N) is 5. The van der Waals surface area contributed by atoms with Gasteiger partial charge in [-0.3, -0.25) is 9.69 Å². The van der Waals surface area contributed by atoms with E-state index >= 15 is 0 Å². The van der Waals surface area contributed by atoms with E-state index < -0.39 is 0 Å². The molecule has 5 rings (SSSR count). The Morgan fingerprint density at radius 1 is 1.19 bits per heavy atom. The van der Waals surface area contributed by atoms with Crippen LogP contribution in [-0.2, 0) is 13.1 Å². The van der Waals surface area contributed by atoms with Crippen molar-refractivity contribution in [1.29, 1.82) is 0 Å². The van der Waals surface area contributed by atoms with Crippen LogP contribution in [-0.4, -0.2) is 61.6 Å². The number of aromatic nitrogens is 5. The summed E-state index contributed by atoms with van der Waals surface area (Å²) in [4.78, 5) is 18.2. The van der Waals surface area contributed by atoms with Crippen LogP contribution in [0.4, 0.5) is 0 Å². The van der Waals surface area contributed by atoms with Crippen molar-refractivity contribution in [2.75, 3.05) is 26.4 Å². The highest BCUT2D eigenvalue weighted by molar-refractivity contribution is 5.83. The Kier molecular flexibility index (Phi) is 7.01. The van der Waals surface area contributed by atoms with Gasteiger partial charge in [-0.05, 0) is 47.0 Å². The van der Waals surface area contributed by atoms with Crippen LogP contribution < -0.4 is 15.0 Å². The van der Waals surface area contributed by atoms with Gasteiger partial charge in [0.1, 0.15) is 25.5 Å². The fourth-order valence-corrected chi connectivity index (χ4v) is 4.68. The molecule has 0 spiro atoms. The predicted octanol–water partition coefficient (Wildman–Crippen LogP) is 2.51. The zero-order valence-corrected chi connectivity index (χ0v) is 20.4. The summed E-state index contributed by atoms with van der Waals surface area (Å²) in [7, 11) is 0. The zero-order valence-electron chi connectivity index (χ0n) is 20.4. The lowest BCUT2D eigenvalue weighted by Crippen LogP contribution is -2.36. The minimum absolute atomic E-state index is 0.0379. The van der Waals surface area contributed by atoms with Gasteiger partial charge in [0, 0.05) is 36.7 Å². The number of aromatic amines is 1. The molecule has 11 heteroatoms. The number of aliphatic hydroxyl groups excluding tert-OH is 1. The van der Waals surface area contributed by atoms with Gasteiger partial charge in [0.15, 0.2) is 17.3 Å². The number of rotatable bonds is 10. The van der Waals surface area contributed by atoms with E-state index in [0.717, 1.165) is 11.1 Å². The number of hydrogen-bond acceptors (Lipinski definition) is 9. The number of aliphatic hydroxyl groups is 1. The molecule has 4 heterocycles. The third-order valence-corrected chi connectivity index (χ3v) is 6.30. The molecular weight excluding hydrogens is 464 g/mol. The minimum atomic E-state index is -0.197. The van der Waals surface area contributed by atoms with Crippen molar-refractivity contribution in [1.82, 2.24) is 30.1 Å². The second kappa shape index (κ2) is 10.5. The van der Waals surface area contributed by atoms with Gasteiger partial charge in [0.05, 0.1) is 17.8 Å². The maximum absolute atomic E-state index is 13.1. The van der Waals surface area contributed by atoms with Crippen LogP contribution >= 0.6 is 0 Å². The topological polar surface area (TPSA) is 132 Å². The normalized spacial score (nSPS) is 14.1. The third kappa shape index (κ3) is 4.98. The molecule has 11 nitrogen and oxygen atoms in total. The first-order chi connectivity index (χ1) is 17.5. The lowest BCUT2D eigenvalue weighted by atomic mass is 10.00. The standard InChI is InChI=1S/C25H30N6O5/c1-16(2)23(24-27-28-29-31(24)15-19-5-3-8-34-19)30(6-4-7-32)14-18-11-17-12-21-22(36-10-9-35-21)13-20(17)26-25(18)33/h3,5,8,11-13,16,23,32H,4,6-7,9-10,14-15H2,1-2H3,(H,26,33)/t23-/m1/s1. The van der Waals surface area contributed by atoms with Crippen molar-refractivity contribution in [3.05, 3.63) is 64.1 Å². The van der Waals surface area contributed by atoms with Crippen LogP contribution in [0.5, 0.6) is 11.5 Å². The SMILES string of the molecule is CC(C)[C@H](c1nnnn1Cc1ccco1)N(CCCO)Cc1cc2cc3c(cc2[nH]c1=O)OCCO3. The summed E-state index contributed by atoms with van der Waals surface area (Å²) < 4.78 is 18.6. The molecule has 1 aliphatic heterocycles. The molecule has 4 aromatic rings. The van der Waals surface area contributed by atoms with E-state index in [9.17, 15) is 9.90 Å². The summed E-state index contributed by atoms with van der Waals surface area (Å²) in [5.41, 5.74) is 1.12. The third-order valence-electron chi connectivity index (χ3n) is 6.30. The molecule has 0 aliphatic carbocycles. The van der Waals surface area contributed by atoms with Crippen molar-refractivity contribution in [2.24, 2.45) is 5.92 Å². The quantitative estimate of drug-likeness (QED) is 0.341. The number of H-pyrrole nitrogens is 1. The average molecular weight is 495 g/mol.